The van der Waals surface area contributed by atoms with E-state index in [9.17, 15) is 14.7 Å². The fourth-order valence-corrected chi connectivity index (χ4v) is 4.26. The molecule has 0 aliphatic heterocycles. The number of primary amides is 1. The molecule has 9 heteroatoms. The summed E-state index contributed by atoms with van der Waals surface area (Å²) in [6.45, 7) is 0. The largest absolute Gasteiger partial charge is 0.393 e. The number of nitrogens with one attached hydrogen (secondary N) is 2. The molecule has 2 fully saturated rings. The number of carbonyl (C=O) groups is 2. The molecule has 0 spiro atoms. The molecule has 9 nitrogen and oxygen atoms in total. The molecule has 1 aromatic rings. The van der Waals surface area contributed by atoms with E-state index in [-0.39, 0.29) is 35.6 Å². The Morgan fingerprint density at radius 3 is 2.45 bits per heavy atom. The van der Waals surface area contributed by atoms with Crippen molar-refractivity contribution in [1.82, 2.24) is 14.9 Å². The lowest BCUT2D eigenvalue weighted by atomic mass is 9.85. The highest BCUT2D eigenvalue weighted by atomic mass is 16.3. The van der Waals surface area contributed by atoms with E-state index in [0.29, 0.717) is 18.2 Å². The average Bonchev–Trinajstić information content (AvgIpc) is 2.68. The number of nitrogens with zero attached hydrogens (tertiary/aromatic N) is 3. The van der Waals surface area contributed by atoms with Crippen LogP contribution in [0.15, 0.2) is 6.20 Å². The Balaban J connectivity index is 1.64. The standard InChI is InChI=1S/C20H32N6O3/c1-26(2)19(29)12-6-8-13(9-7-12)24-20-22-11-16(17(21)28)18(25-20)23-14-4-3-5-15(27)10-14/h11-15,27H,3-10H2,1-2H3,(H2,21,28)(H2,22,23,24,25)/t12?,13?,14-,15-/m1/s1. The molecule has 0 saturated heterocycles. The van der Waals surface area contributed by atoms with Crippen LogP contribution in [-0.2, 0) is 4.79 Å². The molecule has 160 valence electrons. The van der Waals surface area contributed by atoms with Gasteiger partial charge >= 0.3 is 0 Å². The van der Waals surface area contributed by atoms with E-state index < -0.39 is 5.91 Å². The van der Waals surface area contributed by atoms with Crippen LogP contribution in [0.2, 0.25) is 0 Å². The van der Waals surface area contributed by atoms with Gasteiger partial charge in [0, 0.05) is 38.3 Å². The van der Waals surface area contributed by atoms with Crippen molar-refractivity contribution in [1.29, 1.82) is 0 Å². The Hall–Kier alpha value is -2.42. The van der Waals surface area contributed by atoms with E-state index in [1.807, 2.05) is 0 Å². The van der Waals surface area contributed by atoms with E-state index in [1.165, 1.54) is 6.20 Å². The summed E-state index contributed by atoms with van der Waals surface area (Å²) in [7, 11) is 3.58. The minimum atomic E-state index is -0.585. The molecule has 1 heterocycles. The minimum Gasteiger partial charge on any atom is -0.393 e. The van der Waals surface area contributed by atoms with Gasteiger partial charge in [-0.3, -0.25) is 9.59 Å². The van der Waals surface area contributed by atoms with Gasteiger partial charge in [-0.05, 0) is 51.4 Å². The first kappa shape index (κ1) is 21.3. The van der Waals surface area contributed by atoms with Gasteiger partial charge < -0.3 is 26.4 Å². The Morgan fingerprint density at radius 2 is 1.83 bits per heavy atom. The fourth-order valence-electron chi connectivity index (χ4n) is 4.26. The number of anilines is 2. The van der Waals surface area contributed by atoms with Crippen LogP contribution in [0.25, 0.3) is 0 Å². The number of rotatable bonds is 6. The third-order valence-corrected chi connectivity index (χ3v) is 5.89. The molecule has 5 N–H and O–H groups in total. The lowest BCUT2D eigenvalue weighted by molar-refractivity contribution is -0.133. The highest BCUT2D eigenvalue weighted by molar-refractivity contribution is 5.97. The molecule has 2 aliphatic carbocycles. The number of aromatic nitrogens is 2. The third-order valence-electron chi connectivity index (χ3n) is 5.89. The van der Waals surface area contributed by atoms with Crippen LogP contribution in [0, 0.1) is 5.92 Å². The molecule has 1 aromatic heterocycles. The highest BCUT2D eigenvalue weighted by Crippen LogP contribution is 2.28. The van der Waals surface area contributed by atoms with Crippen molar-refractivity contribution in [2.75, 3.05) is 24.7 Å². The number of aliphatic hydroxyl groups is 1. The number of aliphatic hydroxyl groups excluding tert-OH is 1. The minimum absolute atomic E-state index is 0.0482. The zero-order valence-electron chi connectivity index (χ0n) is 17.2. The summed E-state index contributed by atoms with van der Waals surface area (Å²) in [5, 5.41) is 16.5. The van der Waals surface area contributed by atoms with Crippen LogP contribution in [0.1, 0.15) is 61.7 Å². The first-order chi connectivity index (χ1) is 13.8. The van der Waals surface area contributed by atoms with E-state index in [1.54, 1.807) is 19.0 Å². The summed E-state index contributed by atoms with van der Waals surface area (Å²) < 4.78 is 0. The van der Waals surface area contributed by atoms with Crippen molar-refractivity contribution in [3.8, 4) is 0 Å². The van der Waals surface area contributed by atoms with Gasteiger partial charge in [0.25, 0.3) is 5.91 Å². The van der Waals surface area contributed by atoms with Crippen molar-refractivity contribution < 1.29 is 14.7 Å². The molecular formula is C20H32N6O3. The molecule has 2 saturated carbocycles. The maximum absolute atomic E-state index is 12.1. The summed E-state index contributed by atoms with van der Waals surface area (Å²) in [5.41, 5.74) is 5.73. The number of amides is 2. The average molecular weight is 405 g/mol. The monoisotopic (exact) mass is 404 g/mol. The Bertz CT molecular complexity index is 733. The molecule has 0 unspecified atom stereocenters. The molecular weight excluding hydrogens is 372 g/mol. The summed E-state index contributed by atoms with van der Waals surface area (Å²) in [4.78, 5) is 34.3. The summed E-state index contributed by atoms with van der Waals surface area (Å²) >= 11 is 0. The van der Waals surface area contributed by atoms with Crippen LogP contribution in [0.3, 0.4) is 0 Å². The summed E-state index contributed by atoms with van der Waals surface area (Å²) in [6, 6.07) is 0.233. The van der Waals surface area contributed by atoms with Gasteiger partial charge in [0.15, 0.2) is 0 Å². The lowest BCUT2D eigenvalue weighted by Crippen LogP contribution is -2.35. The maximum Gasteiger partial charge on any atom is 0.254 e. The normalized spacial score (nSPS) is 27.1. The van der Waals surface area contributed by atoms with E-state index >= 15 is 0 Å². The third kappa shape index (κ3) is 5.56. The first-order valence-corrected chi connectivity index (χ1v) is 10.4. The van der Waals surface area contributed by atoms with Gasteiger partial charge in [-0.15, -0.1) is 0 Å². The van der Waals surface area contributed by atoms with Crippen LogP contribution in [0.5, 0.6) is 0 Å². The van der Waals surface area contributed by atoms with Gasteiger partial charge in [-0.25, -0.2) is 4.98 Å². The highest BCUT2D eigenvalue weighted by Gasteiger charge is 2.28. The molecule has 2 atom stereocenters. The molecule has 3 rings (SSSR count). The SMILES string of the molecule is CN(C)C(=O)C1CCC(Nc2ncc(C(N)=O)c(N[C@@H]3CCC[C@@H](O)C3)n2)CC1. The molecule has 2 aliphatic rings. The summed E-state index contributed by atoms with van der Waals surface area (Å²) in [6.07, 6.45) is 7.76. The first-order valence-electron chi connectivity index (χ1n) is 10.4. The second kappa shape index (κ2) is 9.39. The fraction of sp³-hybridized carbons (Fsp3) is 0.700. The molecule has 0 aromatic carbocycles. The number of hydrogen-bond acceptors (Lipinski definition) is 7. The van der Waals surface area contributed by atoms with Crippen molar-refractivity contribution >= 4 is 23.6 Å². The van der Waals surface area contributed by atoms with Crippen LogP contribution < -0.4 is 16.4 Å². The van der Waals surface area contributed by atoms with Gasteiger partial charge in [0.2, 0.25) is 11.9 Å². The van der Waals surface area contributed by atoms with Crippen molar-refractivity contribution in [2.45, 2.75) is 69.6 Å². The molecule has 2 amide bonds. The van der Waals surface area contributed by atoms with Gasteiger partial charge in [0.05, 0.1) is 11.7 Å². The van der Waals surface area contributed by atoms with Crippen molar-refractivity contribution in [3.63, 3.8) is 0 Å². The lowest BCUT2D eigenvalue weighted by Gasteiger charge is -2.30. The van der Waals surface area contributed by atoms with E-state index in [2.05, 4.69) is 20.6 Å². The van der Waals surface area contributed by atoms with Gasteiger partial charge in [-0.1, -0.05) is 0 Å². The molecule has 0 radical (unpaired) electrons. The Labute approximate surface area is 171 Å². The zero-order chi connectivity index (χ0) is 21.0. The topological polar surface area (TPSA) is 133 Å². The van der Waals surface area contributed by atoms with Gasteiger partial charge in [0.1, 0.15) is 5.82 Å². The van der Waals surface area contributed by atoms with Crippen molar-refractivity contribution in [3.05, 3.63) is 11.8 Å². The molecule has 0 bridgehead atoms. The van der Waals surface area contributed by atoms with Crippen molar-refractivity contribution in [2.24, 2.45) is 11.7 Å². The molecule has 29 heavy (non-hydrogen) atoms. The van der Waals surface area contributed by atoms with Crippen LogP contribution in [-0.4, -0.2) is 64.1 Å². The predicted molar refractivity (Wildman–Crippen MR) is 110 cm³/mol. The van der Waals surface area contributed by atoms with Crippen LogP contribution >= 0.6 is 0 Å². The predicted octanol–water partition coefficient (Wildman–Crippen LogP) is 1.35. The van der Waals surface area contributed by atoms with E-state index in [0.717, 1.165) is 44.9 Å². The van der Waals surface area contributed by atoms with Gasteiger partial charge in [-0.2, -0.15) is 4.98 Å². The second-order valence-corrected chi connectivity index (χ2v) is 8.41. The zero-order valence-corrected chi connectivity index (χ0v) is 17.2. The Kier molecular flexibility index (Phi) is 6.89. The van der Waals surface area contributed by atoms with Crippen LogP contribution in [0.4, 0.5) is 11.8 Å². The quantitative estimate of drug-likeness (QED) is 0.562. The second-order valence-electron chi connectivity index (χ2n) is 8.41. The Morgan fingerprint density at radius 1 is 1.10 bits per heavy atom. The summed E-state index contributed by atoms with van der Waals surface area (Å²) in [5.74, 6) is 0.530. The number of hydrogen-bond donors (Lipinski definition) is 4. The number of nitrogens with two attached hydrogens (primary N) is 1. The maximum atomic E-state index is 12.1. The smallest absolute Gasteiger partial charge is 0.254 e. The number of carbonyl (C=O) groups excluding carboxylic acids is 2. The van der Waals surface area contributed by atoms with E-state index in [4.69, 9.17) is 5.73 Å².